The van der Waals surface area contributed by atoms with Crippen molar-refractivity contribution in [2.75, 3.05) is 46.1 Å². The third kappa shape index (κ3) is 9.66. The number of hydrogen-bond donors (Lipinski definition) is 3. The third-order valence-electron chi connectivity index (χ3n) is 11.0. The molecule has 57 heavy (non-hydrogen) atoms. The molecule has 0 aliphatic carbocycles. The largest absolute Gasteiger partial charge is 0.495 e. The number of likely N-dealkylation sites (N-methyl/N-ethyl adjacent to an activating group) is 1. The second-order valence-electron chi connectivity index (χ2n) is 14.7. The first kappa shape index (κ1) is 44.9. The zero-order valence-corrected chi connectivity index (χ0v) is 35.0. The molecule has 3 amide bonds. The number of nitrogens with one attached hydrogen (secondary N) is 1. The summed E-state index contributed by atoms with van der Waals surface area (Å²) in [6, 6.07) is 7.01. The number of amides is 3. The van der Waals surface area contributed by atoms with Crippen molar-refractivity contribution in [3.63, 3.8) is 0 Å². The Morgan fingerprint density at radius 1 is 1.14 bits per heavy atom. The minimum Gasteiger partial charge on any atom is -0.495 e. The van der Waals surface area contributed by atoms with Crippen LogP contribution in [0.2, 0.25) is 5.02 Å². The molecule has 0 saturated carbocycles. The zero-order valence-electron chi connectivity index (χ0n) is 34.2. The average molecular weight is 815 g/mol. The minimum atomic E-state index is -1.83. The van der Waals surface area contributed by atoms with Crippen molar-refractivity contribution in [2.45, 2.75) is 95.7 Å². The first-order valence-electron chi connectivity index (χ1n) is 18.5. The van der Waals surface area contributed by atoms with Gasteiger partial charge >= 0.3 is 12.1 Å². The molecular formula is C41H55ClN4O11. The van der Waals surface area contributed by atoms with Gasteiger partial charge in [-0.25, -0.2) is 9.59 Å². The van der Waals surface area contributed by atoms with Crippen molar-refractivity contribution in [1.29, 1.82) is 0 Å². The van der Waals surface area contributed by atoms with Crippen LogP contribution in [0.5, 0.6) is 11.5 Å². The van der Waals surface area contributed by atoms with Crippen LogP contribution in [-0.4, -0.2) is 111 Å². The fourth-order valence-electron chi connectivity index (χ4n) is 7.00. The summed E-state index contributed by atoms with van der Waals surface area (Å²) < 4.78 is 34.1. The van der Waals surface area contributed by atoms with Crippen LogP contribution in [0.1, 0.15) is 63.4 Å². The van der Waals surface area contributed by atoms with Gasteiger partial charge in [-0.2, -0.15) is 0 Å². The van der Waals surface area contributed by atoms with Gasteiger partial charge < -0.3 is 49.1 Å². The fraction of sp³-hybridized carbons (Fsp3) is 0.512. The number of esters is 1. The number of methoxy groups -OCH3 is 3. The maximum Gasteiger partial charge on any atom is 0.409 e. The summed E-state index contributed by atoms with van der Waals surface area (Å²) >= 11 is 6.75. The highest BCUT2D eigenvalue weighted by molar-refractivity contribution is 6.35. The number of allylic oxidation sites excluding steroid dienone is 2. The predicted molar refractivity (Wildman–Crippen MR) is 214 cm³/mol. The number of aliphatic hydroxyl groups is 1. The molecule has 0 aromatic heterocycles. The molecule has 4 rings (SSSR count). The Morgan fingerprint density at radius 2 is 1.81 bits per heavy atom. The second-order valence-corrected chi connectivity index (χ2v) is 15.1. The molecule has 0 bridgehead atoms. The molecule has 2 aromatic carbocycles. The molecule has 0 spiro atoms. The number of cyclic esters (lactones) is 1. The molecule has 8 atom stereocenters. The van der Waals surface area contributed by atoms with Crippen LogP contribution in [0.25, 0.3) is 0 Å². The Hall–Kier alpha value is -4.83. The van der Waals surface area contributed by atoms with Gasteiger partial charge in [0.1, 0.15) is 46.5 Å². The van der Waals surface area contributed by atoms with E-state index < -0.39 is 71.6 Å². The predicted octanol–water partition coefficient (Wildman–Crippen LogP) is 5.06. The molecule has 2 aromatic rings. The summed E-state index contributed by atoms with van der Waals surface area (Å²) in [7, 11) is 7.30. The van der Waals surface area contributed by atoms with Gasteiger partial charge in [-0.1, -0.05) is 36.2 Å². The molecule has 16 heteroatoms. The van der Waals surface area contributed by atoms with Gasteiger partial charge in [0.2, 0.25) is 5.91 Å². The Labute approximate surface area is 339 Å². The maximum atomic E-state index is 14.2. The Balaban J connectivity index is 1.65. The highest BCUT2D eigenvalue weighted by Gasteiger charge is 2.64. The van der Waals surface area contributed by atoms with Crippen LogP contribution in [-0.2, 0) is 35.0 Å². The molecule has 2 saturated heterocycles. The Morgan fingerprint density at radius 3 is 2.40 bits per heavy atom. The van der Waals surface area contributed by atoms with E-state index in [0.29, 0.717) is 29.3 Å². The Kier molecular flexibility index (Phi) is 14.3. The molecule has 15 nitrogen and oxygen atoms in total. The first-order valence-corrected chi connectivity index (χ1v) is 18.9. The van der Waals surface area contributed by atoms with E-state index in [4.69, 9.17) is 45.8 Å². The number of ether oxygens (including phenoxy) is 6. The van der Waals surface area contributed by atoms with E-state index in [2.05, 4.69) is 11.9 Å². The van der Waals surface area contributed by atoms with Crippen LogP contribution in [0.3, 0.4) is 0 Å². The van der Waals surface area contributed by atoms with Crippen molar-refractivity contribution in [3.8, 4) is 11.5 Å². The summed E-state index contributed by atoms with van der Waals surface area (Å²) in [5.41, 5.74) is 5.72. The number of benzene rings is 2. The number of alkyl carbamates (subject to hydrolysis) is 1. The van der Waals surface area contributed by atoms with E-state index >= 15 is 0 Å². The van der Waals surface area contributed by atoms with E-state index in [1.807, 2.05) is 26.0 Å². The van der Waals surface area contributed by atoms with Crippen molar-refractivity contribution in [2.24, 2.45) is 5.92 Å². The number of carbonyl (C=O) groups excluding carboxylic acids is 4. The SMILES string of the molecule is C=C[C@@H](OC)[C@@]1(O)C[C@@H]([C@@H](C)[C@@H]2O[C@@]2(C)[C@H](CC(=O)N(C)c2cc(C/C(C)=C/C)cc(OC)c2Cl)OC(=O)[C@H](C)N(C)C(=O)c2ccc(N)c(OC)c2)OC(=O)N1. The first-order chi connectivity index (χ1) is 26.8. The second kappa shape index (κ2) is 18.2. The van der Waals surface area contributed by atoms with Crippen LogP contribution in [0.15, 0.2) is 54.6 Å². The zero-order chi connectivity index (χ0) is 42.6. The lowest BCUT2D eigenvalue weighted by atomic mass is 9.83. The van der Waals surface area contributed by atoms with Crippen LogP contribution in [0, 0.1) is 5.92 Å². The summed E-state index contributed by atoms with van der Waals surface area (Å²) in [6.45, 7) is 12.6. The minimum absolute atomic E-state index is 0.0876. The van der Waals surface area contributed by atoms with Crippen LogP contribution < -0.4 is 25.4 Å². The topological polar surface area (TPSA) is 192 Å². The van der Waals surface area contributed by atoms with Gasteiger partial charge in [0.15, 0.2) is 5.72 Å². The number of halogens is 1. The lowest BCUT2D eigenvalue weighted by Crippen LogP contribution is -2.63. The highest BCUT2D eigenvalue weighted by Crippen LogP contribution is 2.49. The normalized spacial score (nSPS) is 23.8. The van der Waals surface area contributed by atoms with Crippen molar-refractivity contribution in [1.82, 2.24) is 10.2 Å². The summed E-state index contributed by atoms with van der Waals surface area (Å²) in [5, 5.41) is 14.0. The number of epoxide rings is 1. The van der Waals surface area contributed by atoms with Gasteiger partial charge in [-0.3, -0.25) is 14.9 Å². The van der Waals surface area contributed by atoms with E-state index in [1.165, 1.54) is 69.4 Å². The van der Waals surface area contributed by atoms with Crippen molar-refractivity contribution >= 4 is 46.9 Å². The molecule has 2 aliphatic rings. The number of nitrogens with zero attached hydrogens (tertiary/aromatic N) is 2. The number of nitrogen functional groups attached to an aromatic ring is 1. The monoisotopic (exact) mass is 814 g/mol. The number of anilines is 2. The van der Waals surface area contributed by atoms with Crippen molar-refractivity contribution in [3.05, 3.63) is 70.8 Å². The summed E-state index contributed by atoms with van der Waals surface area (Å²) in [4.78, 5) is 56.9. The molecule has 2 heterocycles. The molecule has 2 fully saturated rings. The number of carbonyl (C=O) groups is 4. The van der Waals surface area contributed by atoms with Gasteiger partial charge in [0, 0.05) is 39.1 Å². The van der Waals surface area contributed by atoms with Crippen molar-refractivity contribution < 1.29 is 52.7 Å². The third-order valence-corrected chi connectivity index (χ3v) is 11.4. The molecule has 0 radical (unpaired) electrons. The quantitative estimate of drug-likeness (QED) is 0.0835. The number of nitrogens with two attached hydrogens (primary N) is 1. The molecular weight excluding hydrogens is 760 g/mol. The van der Waals surface area contributed by atoms with Crippen LogP contribution in [0.4, 0.5) is 16.2 Å². The molecule has 2 aliphatic heterocycles. The average Bonchev–Trinajstić information content (AvgIpc) is 3.88. The number of hydrogen-bond acceptors (Lipinski definition) is 12. The molecule has 0 unspecified atom stereocenters. The summed E-state index contributed by atoms with van der Waals surface area (Å²) in [6.07, 6.45) is -1.13. The van der Waals surface area contributed by atoms with E-state index in [1.54, 1.807) is 27.0 Å². The van der Waals surface area contributed by atoms with Gasteiger partial charge in [-0.15, -0.1) is 6.58 Å². The Bertz CT molecular complexity index is 1890. The van der Waals surface area contributed by atoms with Gasteiger partial charge in [0.05, 0.1) is 38.1 Å². The molecule has 4 N–H and O–H groups in total. The van der Waals surface area contributed by atoms with Crippen LogP contribution >= 0.6 is 11.6 Å². The maximum absolute atomic E-state index is 14.2. The highest BCUT2D eigenvalue weighted by atomic mass is 35.5. The molecule has 312 valence electrons. The van der Waals surface area contributed by atoms with Gasteiger partial charge in [0.25, 0.3) is 5.91 Å². The fourth-order valence-corrected chi connectivity index (χ4v) is 7.31. The van der Waals surface area contributed by atoms with E-state index in [9.17, 15) is 24.3 Å². The lowest BCUT2D eigenvalue weighted by molar-refractivity contribution is -0.158. The summed E-state index contributed by atoms with van der Waals surface area (Å²) in [5.74, 6) is -1.68. The van der Waals surface area contributed by atoms with Gasteiger partial charge in [-0.05, 0) is 70.0 Å². The lowest BCUT2D eigenvalue weighted by Gasteiger charge is -2.42. The number of rotatable bonds is 17. The van der Waals surface area contributed by atoms with E-state index in [0.717, 1.165) is 11.1 Å². The van der Waals surface area contributed by atoms with E-state index in [-0.39, 0.29) is 23.4 Å². The standard InChI is InChI=1S/C41H55ClN4O11/c1-12-22(3)16-25-17-28(35(42)30(18-25)53-10)46(8)34(47)20-33(56-38(49)24(5)45(7)37(48)26-14-15-27(43)29(19-26)52-9)40(6)36(57-40)23(4)31-21-41(51,32(13-2)54-11)44-39(50)55-31/h12-15,17-19,23-24,31-33,36,51H,2,16,20-21,43H2,1,3-11H3,(H,44,50)/b22-12+/t23-,24+,31+,32-,33+,36+,40+,41+/m1/s1. The smallest absolute Gasteiger partial charge is 0.409 e.